The van der Waals surface area contributed by atoms with Gasteiger partial charge in [-0.15, -0.1) is 10.2 Å². The van der Waals surface area contributed by atoms with E-state index in [1.165, 1.54) is 0 Å². The van der Waals surface area contributed by atoms with Crippen LogP contribution in [-0.2, 0) is 4.79 Å². The number of hydrogen-bond donors (Lipinski definition) is 2. The summed E-state index contributed by atoms with van der Waals surface area (Å²) in [5.74, 6) is -0.278. The lowest BCUT2D eigenvalue weighted by Gasteiger charge is -2.26. The fourth-order valence-electron chi connectivity index (χ4n) is 2.08. The molecule has 1 saturated carbocycles. The van der Waals surface area contributed by atoms with Gasteiger partial charge in [0, 0.05) is 12.4 Å². The smallest absolute Gasteiger partial charge is 0.329 e. The van der Waals surface area contributed by atoms with Gasteiger partial charge in [0.25, 0.3) is 0 Å². The second kappa shape index (κ2) is 3.66. The Balaban J connectivity index is 2.00. The van der Waals surface area contributed by atoms with E-state index in [4.69, 9.17) is 0 Å². The first-order valence-corrected chi connectivity index (χ1v) is 5.77. The van der Waals surface area contributed by atoms with E-state index in [0.29, 0.717) is 11.5 Å². The molecule has 0 radical (unpaired) electrons. The highest BCUT2D eigenvalue weighted by Crippen LogP contribution is 2.41. The average molecular weight is 247 g/mol. The van der Waals surface area contributed by atoms with E-state index in [1.807, 2.05) is 0 Å². The number of fused-ring (bicyclic) bond motifs is 1. The molecular formula is C11H13N5O2. The fraction of sp³-hybridized carbons (Fsp3) is 0.455. The Morgan fingerprint density at radius 2 is 2.39 bits per heavy atom. The Hall–Kier alpha value is -2.18. The van der Waals surface area contributed by atoms with Crippen LogP contribution in [0.1, 0.15) is 19.8 Å². The zero-order valence-electron chi connectivity index (χ0n) is 9.87. The summed E-state index contributed by atoms with van der Waals surface area (Å²) >= 11 is 0. The van der Waals surface area contributed by atoms with E-state index in [0.717, 1.165) is 12.8 Å². The highest BCUT2D eigenvalue weighted by Gasteiger charge is 2.48. The third-order valence-corrected chi connectivity index (χ3v) is 3.43. The van der Waals surface area contributed by atoms with Crippen LogP contribution in [0.2, 0.25) is 0 Å². The lowest BCUT2D eigenvalue weighted by Crippen LogP contribution is -2.45. The van der Waals surface area contributed by atoms with Crippen molar-refractivity contribution in [2.24, 2.45) is 5.92 Å². The van der Waals surface area contributed by atoms with Gasteiger partial charge in [-0.3, -0.25) is 4.40 Å². The van der Waals surface area contributed by atoms with Crippen molar-refractivity contribution in [1.82, 2.24) is 19.6 Å². The molecule has 0 spiro atoms. The van der Waals surface area contributed by atoms with Crippen molar-refractivity contribution in [2.75, 3.05) is 5.32 Å². The van der Waals surface area contributed by atoms with Crippen LogP contribution in [0.3, 0.4) is 0 Å². The number of carboxylic acid groups (broad SMARTS) is 1. The number of anilines is 1. The molecule has 0 amide bonds. The normalized spacial score (nSPS) is 18.5. The molecule has 0 bridgehead atoms. The summed E-state index contributed by atoms with van der Waals surface area (Å²) in [6, 6.07) is 0. The molecule has 1 aliphatic rings. The maximum atomic E-state index is 11.4. The Labute approximate surface area is 103 Å². The van der Waals surface area contributed by atoms with E-state index in [2.05, 4.69) is 20.5 Å². The quantitative estimate of drug-likeness (QED) is 0.829. The molecule has 2 heterocycles. The number of carboxylic acids is 1. The summed E-state index contributed by atoms with van der Waals surface area (Å²) < 4.78 is 1.70. The van der Waals surface area contributed by atoms with Crippen LogP contribution < -0.4 is 5.32 Å². The van der Waals surface area contributed by atoms with Crippen LogP contribution in [0.15, 0.2) is 18.7 Å². The summed E-state index contributed by atoms with van der Waals surface area (Å²) in [6.07, 6.45) is 6.71. The molecule has 18 heavy (non-hydrogen) atoms. The molecular weight excluding hydrogens is 234 g/mol. The van der Waals surface area contributed by atoms with Gasteiger partial charge < -0.3 is 10.4 Å². The topological polar surface area (TPSA) is 92.4 Å². The molecule has 1 fully saturated rings. The maximum Gasteiger partial charge on any atom is 0.329 e. The van der Waals surface area contributed by atoms with Crippen LogP contribution in [0.25, 0.3) is 5.65 Å². The molecule has 1 unspecified atom stereocenters. The Bertz CT molecular complexity index is 606. The van der Waals surface area contributed by atoms with Gasteiger partial charge in [0.1, 0.15) is 11.9 Å². The molecule has 2 N–H and O–H groups in total. The van der Waals surface area contributed by atoms with Gasteiger partial charge in [-0.05, 0) is 25.7 Å². The lowest BCUT2D eigenvalue weighted by atomic mass is 9.96. The van der Waals surface area contributed by atoms with Crippen molar-refractivity contribution in [1.29, 1.82) is 0 Å². The molecule has 3 rings (SSSR count). The SMILES string of the molecule is CC(Nc1nccn2cnnc12)(C(=O)O)C1CC1. The van der Waals surface area contributed by atoms with Gasteiger partial charge in [-0.25, -0.2) is 9.78 Å². The van der Waals surface area contributed by atoms with E-state index in [1.54, 1.807) is 30.0 Å². The number of nitrogens with zero attached hydrogens (tertiary/aromatic N) is 4. The van der Waals surface area contributed by atoms with Crippen molar-refractivity contribution in [2.45, 2.75) is 25.3 Å². The molecule has 1 aliphatic carbocycles. The first-order chi connectivity index (χ1) is 8.61. The summed E-state index contributed by atoms with van der Waals surface area (Å²) in [5, 5.41) is 20.1. The molecule has 2 aromatic heterocycles. The highest BCUT2D eigenvalue weighted by atomic mass is 16.4. The van der Waals surface area contributed by atoms with E-state index < -0.39 is 11.5 Å². The Kier molecular flexibility index (Phi) is 2.22. The van der Waals surface area contributed by atoms with Gasteiger partial charge >= 0.3 is 5.97 Å². The number of aliphatic carboxylic acids is 1. The number of nitrogens with one attached hydrogen (secondary N) is 1. The third kappa shape index (κ3) is 1.59. The minimum Gasteiger partial charge on any atom is -0.480 e. The summed E-state index contributed by atoms with van der Waals surface area (Å²) in [7, 11) is 0. The molecule has 94 valence electrons. The molecule has 1 atom stereocenters. The molecule has 7 nitrogen and oxygen atoms in total. The molecule has 0 saturated heterocycles. The number of aromatic nitrogens is 4. The van der Waals surface area contributed by atoms with Crippen molar-refractivity contribution < 1.29 is 9.90 Å². The zero-order chi connectivity index (χ0) is 12.8. The molecule has 0 aliphatic heterocycles. The Morgan fingerprint density at radius 3 is 3.06 bits per heavy atom. The van der Waals surface area contributed by atoms with Crippen molar-refractivity contribution in [3.8, 4) is 0 Å². The average Bonchev–Trinajstić information content (AvgIpc) is 3.08. The Morgan fingerprint density at radius 1 is 1.61 bits per heavy atom. The first-order valence-electron chi connectivity index (χ1n) is 5.77. The minimum absolute atomic E-state index is 0.139. The number of hydrogen-bond acceptors (Lipinski definition) is 5. The lowest BCUT2D eigenvalue weighted by molar-refractivity contribution is -0.142. The first kappa shape index (κ1) is 10.9. The summed E-state index contributed by atoms with van der Waals surface area (Å²) in [4.78, 5) is 15.6. The fourth-order valence-corrected chi connectivity index (χ4v) is 2.08. The predicted molar refractivity (Wildman–Crippen MR) is 63.2 cm³/mol. The third-order valence-electron chi connectivity index (χ3n) is 3.43. The van der Waals surface area contributed by atoms with Crippen molar-refractivity contribution in [3.63, 3.8) is 0 Å². The predicted octanol–water partition coefficient (Wildman–Crippen LogP) is 0.789. The van der Waals surface area contributed by atoms with Gasteiger partial charge in [-0.2, -0.15) is 0 Å². The van der Waals surface area contributed by atoms with Gasteiger partial charge in [0.2, 0.25) is 5.65 Å². The van der Waals surface area contributed by atoms with E-state index in [9.17, 15) is 9.90 Å². The monoisotopic (exact) mass is 247 g/mol. The summed E-state index contributed by atoms with van der Waals surface area (Å²) in [6.45, 7) is 1.69. The highest BCUT2D eigenvalue weighted by molar-refractivity contribution is 5.84. The molecule has 0 aromatic carbocycles. The second-order valence-electron chi connectivity index (χ2n) is 4.74. The van der Waals surface area contributed by atoms with E-state index >= 15 is 0 Å². The van der Waals surface area contributed by atoms with Crippen molar-refractivity contribution in [3.05, 3.63) is 18.7 Å². The standard InChI is InChI=1S/C11H13N5O2/c1-11(10(17)18,7-2-3-7)14-8-9-15-13-6-16(9)5-4-12-8/h4-7H,2-3H2,1H3,(H,12,14)(H,17,18). The molecule has 2 aromatic rings. The van der Waals surface area contributed by atoms with Crippen LogP contribution in [0.5, 0.6) is 0 Å². The summed E-state index contributed by atoms with van der Waals surface area (Å²) in [5.41, 5.74) is -0.466. The largest absolute Gasteiger partial charge is 0.480 e. The second-order valence-corrected chi connectivity index (χ2v) is 4.74. The van der Waals surface area contributed by atoms with Crippen LogP contribution in [-0.4, -0.2) is 36.2 Å². The van der Waals surface area contributed by atoms with Crippen LogP contribution >= 0.6 is 0 Å². The van der Waals surface area contributed by atoms with Gasteiger partial charge in [0.15, 0.2) is 5.82 Å². The van der Waals surface area contributed by atoms with E-state index in [-0.39, 0.29) is 5.92 Å². The minimum atomic E-state index is -0.999. The van der Waals surface area contributed by atoms with Gasteiger partial charge in [-0.1, -0.05) is 0 Å². The van der Waals surface area contributed by atoms with Crippen LogP contribution in [0, 0.1) is 5.92 Å². The number of rotatable bonds is 4. The van der Waals surface area contributed by atoms with Gasteiger partial charge in [0.05, 0.1) is 0 Å². The van der Waals surface area contributed by atoms with Crippen LogP contribution in [0.4, 0.5) is 5.82 Å². The molecule has 7 heteroatoms. The zero-order valence-corrected chi connectivity index (χ0v) is 9.87. The number of carbonyl (C=O) groups is 1. The van der Waals surface area contributed by atoms with Crippen molar-refractivity contribution >= 4 is 17.4 Å². The maximum absolute atomic E-state index is 11.4.